The molecule has 0 bridgehead atoms. The second-order valence-corrected chi connectivity index (χ2v) is 5.44. The van der Waals surface area contributed by atoms with E-state index in [0.717, 1.165) is 12.8 Å². The molecule has 20 heavy (non-hydrogen) atoms. The highest BCUT2D eigenvalue weighted by atomic mass is 35.5. The molecular weight excluding hydrogens is 280 g/mol. The first-order valence-corrected chi connectivity index (χ1v) is 7.14. The third-order valence-electron chi connectivity index (χ3n) is 3.77. The zero-order valence-corrected chi connectivity index (χ0v) is 12.1. The van der Waals surface area contributed by atoms with Gasteiger partial charge in [0.2, 0.25) is 0 Å². The Labute approximate surface area is 122 Å². The summed E-state index contributed by atoms with van der Waals surface area (Å²) in [7, 11) is 0. The van der Waals surface area contributed by atoms with E-state index in [-0.39, 0.29) is 22.2 Å². The molecule has 1 aliphatic carbocycles. The van der Waals surface area contributed by atoms with Crippen LogP contribution in [-0.4, -0.2) is 28.8 Å². The van der Waals surface area contributed by atoms with E-state index in [0.29, 0.717) is 19.0 Å². The summed E-state index contributed by atoms with van der Waals surface area (Å²) >= 11 is 5.85. The fourth-order valence-electron chi connectivity index (χ4n) is 2.39. The molecule has 5 nitrogen and oxygen atoms in total. The van der Waals surface area contributed by atoms with Crippen molar-refractivity contribution in [3.05, 3.63) is 38.9 Å². The third-order valence-corrected chi connectivity index (χ3v) is 4.08. The van der Waals surface area contributed by atoms with E-state index in [1.807, 2.05) is 6.92 Å². The van der Waals surface area contributed by atoms with Crippen molar-refractivity contribution < 1.29 is 9.72 Å². The van der Waals surface area contributed by atoms with E-state index in [1.165, 1.54) is 18.6 Å². The van der Waals surface area contributed by atoms with Gasteiger partial charge in [0.1, 0.15) is 10.6 Å². The summed E-state index contributed by atoms with van der Waals surface area (Å²) in [6, 6.07) is 4.47. The van der Waals surface area contributed by atoms with Crippen LogP contribution in [0.4, 0.5) is 5.69 Å². The number of hydrogen-bond donors (Lipinski definition) is 0. The lowest BCUT2D eigenvalue weighted by Crippen LogP contribution is -2.37. The van der Waals surface area contributed by atoms with Gasteiger partial charge in [-0.1, -0.05) is 24.1 Å². The third kappa shape index (κ3) is 2.93. The summed E-state index contributed by atoms with van der Waals surface area (Å²) in [5, 5.41) is 11.1. The Morgan fingerprint density at radius 2 is 2.20 bits per heavy atom. The van der Waals surface area contributed by atoms with Crippen LogP contribution in [0.2, 0.25) is 5.02 Å². The molecule has 1 fully saturated rings. The molecule has 0 atom stereocenters. The van der Waals surface area contributed by atoms with Gasteiger partial charge in [0.15, 0.2) is 0 Å². The zero-order valence-electron chi connectivity index (χ0n) is 11.3. The number of para-hydroxylation sites is 1. The van der Waals surface area contributed by atoms with Crippen molar-refractivity contribution in [3.8, 4) is 0 Å². The van der Waals surface area contributed by atoms with Crippen LogP contribution in [0.3, 0.4) is 0 Å². The smallest absolute Gasteiger partial charge is 0.300 e. The Bertz CT molecular complexity index is 529. The van der Waals surface area contributed by atoms with Gasteiger partial charge in [-0.3, -0.25) is 14.9 Å². The van der Waals surface area contributed by atoms with Crippen LogP contribution in [0.15, 0.2) is 18.2 Å². The molecule has 0 aromatic heterocycles. The van der Waals surface area contributed by atoms with Crippen molar-refractivity contribution in [2.75, 3.05) is 13.1 Å². The quantitative estimate of drug-likeness (QED) is 0.617. The Morgan fingerprint density at radius 3 is 2.70 bits per heavy atom. The number of nitro groups is 1. The van der Waals surface area contributed by atoms with Gasteiger partial charge in [-0.05, 0) is 37.8 Å². The molecule has 0 radical (unpaired) electrons. The molecule has 0 spiro atoms. The molecule has 6 heteroatoms. The fourth-order valence-corrected chi connectivity index (χ4v) is 2.63. The van der Waals surface area contributed by atoms with Gasteiger partial charge >= 0.3 is 5.69 Å². The normalized spacial score (nSPS) is 14.7. The van der Waals surface area contributed by atoms with Gasteiger partial charge in [-0.25, -0.2) is 0 Å². The SMILES string of the molecule is CCN(CC1CCC1)C(=O)c1cccc(Cl)c1[N+](=O)[O-]. The number of nitrogens with zero attached hydrogens (tertiary/aromatic N) is 2. The lowest BCUT2D eigenvalue weighted by molar-refractivity contribution is -0.385. The van der Waals surface area contributed by atoms with Crippen molar-refractivity contribution in [3.63, 3.8) is 0 Å². The van der Waals surface area contributed by atoms with Gasteiger partial charge in [0.05, 0.1) is 4.92 Å². The molecule has 1 aromatic carbocycles. The predicted octanol–water partition coefficient (Wildman–Crippen LogP) is 3.51. The van der Waals surface area contributed by atoms with Gasteiger partial charge < -0.3 is 4.90 Å². The van der Waals surface area contributed by atoms with E-state index in [9.17, 15) is 14.9 Å². The average Bonchev–Trinajstić information content (AvgIpc) is 2.36. The molecule has 1 aromatic rings. The molecule has 108 valence electrons. The predicted molar refractivity (Wildman–Crippen MR) is 77.0 cm³/mol. The minimum absolute atomic E-state index is 0.000507. The summed E-state index contributed by atoms with van der Waals surface area (Å²) in [6.45, 7) is 3.09. The minimum Gasteiger partial charge on any atom is -0.338 e. The summed E-state index contributed by atoms with van der Waals surface area (Å²) in [5.74, 6) is 0.214. The molecule has 0 N–H and O–H groups in total. The van der Waals surface area contributed by atoms with Gasteiger partial charge in [0, 0.05) is 13.1 Å². The number of amides is 1. The topological polar surface area (TPSA) is 63.5 Å². The Balaban J connectivity index is 2.26. The summed E-state index contributed by atoms with van der Waals surface area (Å²) < 4.78 is 0. The molecular formula is C14H17ClN2O3. The number of halogens is 1. The Morgan fingerprint density at radius 1 is 1.50 bits per heavy atom. The molecule has 2 rings (SSSR count). The molecule has 0 heterocycles. The first kappa shape index (κ1) is 14.8. The van der Waals surface area contributed by atoms with Crippen molar-refractivity contribution in [1.82, 2.24) is 4.90 Å². The van der Waals surface area contributed by atoms with Crippen LogP contribution in [0, 0.1) is 16.0 Å². The number of carbonyl (C=O) groups excluding carboxylic acids is 1. The maximum atomic E-state index is 12.5. The number of benzene rings is 1. The Hall–Kier alpha value is -1.62. The van der Waals surface area contributed by atoms with E-state index in [1.54, 1.807) is 11.0 Å². The van der Waals surface area contributed by atoms with Gasteiger partial charge in [-0.15, -0.1) is 0 Å². The lowest BCUT2D eigenvalue weighted by atomic mass is 9.85. The summed E-state index contributed by atoms with van der Waals surface area (Å²) in [4.78, 5) is 24.7. The monoisotopic (exact) mass is 296 g/mol. The molecule has 1 saturated carbocycles. The van der Waals surface area contributed by atoms with Crippen molar-refractivity contribution >= 4 is 23.2 Å². The number of rotatable bonds is 5. The highest BCUT2D eigenvalue weighted by Crippen LogP contribution is 2.31. The number of hydrogen-bond acceptors (Lipinski definition) is 3. The largest absolute Gasteiger partial charge is 0.338 e. The van der Waals surface area contributed by atoms with Crippen LogP contribution in [0.1, 0.15) is 36.5 Å². The summed E-state index contributed by atoms with van der Waals surface area (Å²) in [6.07, 6.45) is 3.45. The van der Waals surface area contributed by atoms with Crippen LogP contribution >= 0.6 is 11.6 Å². The van der Waals surface area contributed by atoms with Crippen LogP contribution in [-0.2, 0) is 0 Å². The van der Waals surface area contributed by atoms with Crippen LogP contribution in [0.25, 0.3) is 0 Å². The second kappa shape index (κ2) is 6.22. The maximum absolute atomic E-state index is 12.5. The van der Waals surface area contributed by atoms with E-state index in [4.69, 9.17) is 11.6 Å². The lowest BCUT2D eigenvalue weighted by Gasteiger charge is -2.31. The summed E-state index contributed by atoms with van der Waals surface area (Å²) in [5.41, 5.74) is -0.227. The second-order valence-electron chi connectivity index (χ2n) is 5.03. The standard InChI is InChI=1S/C14H17ClN2O3/c1-2-16(9-10-5-3-6-10)14(18)11-7-4-8-12(15)13(11)17(19)20/h4,7-8,10H,2-3,5-6,9H2,1H3. The highest BCUT2D eigenvalue weighted by Gasteiger charge is 2.29. The molecule has 0 saturated heterocycles. The van der Waals surface area contributed by atoms with Crippen LogP contribution < -0.4 is 0 Å². The van der Waals surface area contributed by atoms with E-state index in [2.05, 4.69) is 0 Å². The van der Waals surface area contributed by atoms with E-state index < -0.39 is 4.92 Å². The van der Waals surface area contributed by atoms with Gasteiger partial charge in [0.25, 0.3) is 5.91 Å². The zero-order chi connectivity index (χ0) is 14.7. The van der Waals surface area contributed by atoms with Crippen molar-refractivity contribution in [2.45, 2.75) is 26.2 Å². The highest BCUT2D eigenvalue weighted by molar-refractivity contribution is 6.33. The fraction of sp³-hybridized carbons (Fsp3) is 0.500. The molecule has 0 aliphatic heterocycles. The first-order chi connectivity index (χ1) is 9.54. The van der Waals surface area contributed by atoms with Gasteiger partial charge in [-0.2, -0.15) is 0 Å². The van der Waals surface area contributed by atoms with Crippen molar-refractivity contribution in [1.29, 1.82) is 0 Å². The Kier molecular flexibility index (Phi) is 4.60. The average molecular weight is 297 g/mol. The van der Waals surface area contributed by atoms with Crippen molar-refractivity contribution in [2.24, 2.45) is 5.92 Å². The van der Waals surface area contributed by atoms with Crippen LogP contribution in [0.5, 0.6) is 0 Å². The number of carbonyl (C=O) groups is 1. The molecule has 0 unspecified atom stereocenters. The number of nitro benzene ring substituents is 1. The molecule has 1 amide bonds. The molecule has 1 aliphatic rings. The minimum atomic E-state index is -0.591. The maximum Gasteiger partial charge on any atom is 0.300 e. The first-order valence-electron chi connectivity index (χ1n) is 6.76. The van der Waals surface area contributed by atoms with E-state index >= 15 is 0 Å².